The molecule has 5 nitrogen and oxygen atoms in total. The van der Waals surface area contributed by atoms with Gasteiger partial charge in [0.05, 0.1) is 17.0 Å². The van der Waals surface area contributed by atoms with E-state index in [-0.39, 0.29) is 11.6 Å². The molecule has 118 valence electrons. The van der Waals surface area contributed by atoms with E-state index in [2.05, 4.69) is 0 Å². The van der Waals surface area contributed by atoms with Crippen molar-refractivity contribution < 1.29 is 19.4 Å². The average molecular weight is 311 g/mol. The summed E-state index contributed by atoms with van der Waals surface area (Å²) in [5, 5.41) is 19.7. The van der Waals surface area contributed by atoms with Crippen LogP contribution in [0.5, 0.6) is 0 Å². The highest BCUT2D eigenvalue weighted by Gasteiger charge is 2.48. The molecule has 0 heterocycles. The first kappa shape index (κ1) is 15.4. The number of rotatable bonds is 2. The lowest BCUT2D eigenvalue weighted by atomic mass is 9.69. The molecule has 2 aliphatic carbocycles. The van der Waals surface area contributed by atoms with E-state index in [4.69, 9.17) is 10.00 Å². The van der Waals surface area contributed by atoms with Gasteiger partial charge in [0.1, 0.15) is 11.9 Å². The highest BCUT2D eigenvalue weighted by atomic mass is 16.5. The van der Waals surface area contributed by atoms with Crippen LogP contribution in [-0.4, -0.2) is 22.8 Å². The Morgan fingerprint density at radius 3 is 2.65 bits per heavy atom. The number of nitrogens with zero attached hydrogens (tertiary/aromatic N) is 1. The SMILES string of the molecule is CC1(C)C(=O)c2ccc(C#N)cc2C(OC2=CC(=O)CC2)C1O. The zero-order valence-corrected chi connectivity index (χ0v) is 13.0. The van der Waals surface area contributed by atoms with Gasteiger partial charge in [-0.25, -0.2) is 0 Å². The third kappa shape index (κ3) is 2.45. The largest absolute Gasteiger partial charge is 0.487 e. The monoisotopic (exact) mass is 311 g/mol. The van der Waals surface area contributed by atoms with Crippen molar-refractivity contribution >= 4 is 11.6 Å². The van der Waals surface area contributed by atoms with Gasteiger partial charge in [-0.1, -0.05) is 0 Å². The molecular weight excluding hydrogens is 294 g/mol. The van der Waals surface area contributed by atoms with Gasteiger partial charge in [0.2, 0.25) is 0 Å². The fourth-order valence-electron chi connectivity index (χ4n) is 3.06. The summed E-state index contributed by atoms with van der Waals surface area (Å²) < 4.78 is 5.87. The second-order valence-corrected chi connectivity index (χ2v) is 6.52. The molecule has 0 spiro atoms. The molecule has 2 aliphatic rings. The van der Waals surface area contributed by atoms with Gasteiger partial charge in [-0.2, -0.15) is 5.26 Å². The summed E-state index contributed by atoms with van der Waals surface area (Å²) in [6.07, 6.45) is 0.482. The predicted octanol–water partition coefficient (Wildman–Crippen LogP) is 2.45. The van der Waals surface area contributed by atoms with Gasteiger partial charge in [-0.3, -0.25) is 9.59 Å². The Balaban J connectivity index is 2.08. The van der Waals surface area contributed by atoms with Gasteiger partial charge in [0.25, 0.3) is 0 Å². The van der Waals surface area contributed by atoms with Crippen LogP contribution in [0, 0.1) is 16.7 Å². The van der Waals surface area contributed by atoms with Crippen molar-refractivity contribution in [2.45, 2.75) is 38.9 Å². The fraction of sp³-hybridized carbons (Fsp3) is 0.389. The number of carbonyl (C=O) groups excluding carboxylic acids is 2. The number of ketones is 2. The highest BCUT2D eigenvalue weighted by molar-refractivity contribution is 6.03. The van der Waals surface area contributed by atoms with Crippen LogP contribution in [0.2, 0.25) is 0 Å². The van der Waals surface area contributed by atoms with Crippen LogP contribution in [0.4, 0.5) is 0 Å². The quantitative estimate of drug-likeness (QED) is 0.906. The fourth-order valence-corrected chi connectivity index (χ4v) is 3.06. The normalized spacial score (nSPS) is 25.6. The van der Waals surface area contributed by atoms with Crippen molar-refractivity contribution in [3.8, 4) is 6.07 Å². The number of aliphatic hydroxyl groups excluding tert-OH is 1. The van der Waals surface area contributed by atoms with Gasteiger partial charge in [0.15, 0.2) is 17.7 Å². The second-order valence-electron chi connectivity index (χ2n) is 6.52. The lowest BCUT2D eigenvalue weighted by Gasteiger charge is -2.40. The minimum Gasteiger partial charge on any atom is -0.487 e. The summed E-state index contributed by atoms with van der Waals surface area (Å²) in [4.78, 5) is 24.0. The predicted molar refractivity (Wildman–Crippen MR) is 81.4 cm³/mol. The Morgan fingerprint density at radius 1 is 1.30 bits per heavy atom. The summed E-state index contributed by atoms with van der Waals surface area (Å²) in [5.74, 6) is 0.324. The number of ether oxygens (including phenoxy) is 1. The van der Waals surface area contributed by atoms with Crippen molar-refractivity contribution in [2.75, 3.05) is 0 Å². The Hall–Kier alpha value is -2.45. The maximum Gasteiger partial charge on any atom is 0.171 e. The van der Waals surface area contributed by atoms with Crippen LogP contribution >= 0.6 is 0 Å². The van der Waals surface area contributed by atoms with E-state index in [1.807, 2.05) is 6.07 Å². The molecule has 0 saturated carbocycles. The number of benzene rings is 1. The second kappa shape index (κ2) is 5.32. The molecule has 0 aliphatic heterocycles. The number of allylic oxidation sites excluding steroid dienone is 2. The minimum absolute atomic E-state index is 0.00775. The number of carbonyl (C=O) groups is 2. The minimum atomic E-state index is -1.06. The lowest BCUT2D eigenvalue weighted by molar-refractivity contribution is -0.114. The van der Waals surface area contributed by atoms with E-state index in [0.717, 1.165) is 0 Å². The number of hydrogen-bond acceptors (Lipinski definition) is 5. The first-order valence-electron chi connectivity index (χ1n) is 7.51. The molecular formula is C18H17NO4. The molecule has 0 aromatic heterocycles. The van der Waals surface area contributed by atoms with Crippen molar-refractivity contribution in [1.29, 1.82) is 5.26 Å². The van der Waals surface area contributed by atoms with Crippen LogP contribution in [0.3, 0.4) is 0 Å². The molecule has 0 radical (unpaired) electrons. The van der Waals surface area contributed by atoms with Crippen molar-refractivity contribution in [1.82, 2.24) is 0 Å². The number of fused-ring (bicyclic) bond motifs is 1. The Morgan fingerprint density at radius 2 is 2.04 bits per heavy atom. The molecule has 0 bridgehead atoms. The zero-order valence-electron chi connectivity index (χ0n) is 13.0. The molecule has 1 aromatic carbocycles. The van der Waals surface area contributed by atoms with Crippen molar-refractivity contribution in [2.24, 2.45) is 5.41 Å². The summed E-state index contributed by atoms with van der Waals surface area (Å²) in [5.41, 5.74) is 0.346. The summed E-state index contributed by atoms with van der Waals surface area (Å²) in [6.45, 7) is 3.34. The highest BCUT2D eigenvalue weighted by Crippen LogP contribution is 2.44. The summed E-state index contributed by atoms with van der Waals surface area (Å²) in [7, 11) is 0. The lowest BCUT2D eigenvalue weighted by Crippen LogP contribution is -2.46. The van der Waals surface area contributed by atoms with E-state index >= 15 is 0 Å². The molecule has 2 unspecified atom stereocenters. The Bertz CT molecular complexity index is 770. The smallest absolute Gasteiger partial charge is 0.171 e. The van der Waals surface area contributed by atoms with Crippen LogP contribution in [0.1, 0.15) is 54.3 Å². The van der Waals surface area contributed by atoms with E-state index in [9.17, 15) is 14.7 Å². The number of hydrogen-bond donors (Lipinski definition) is 1. The van der Waals surface area contributed by atoms with Gasteiger partial charge < -0.3 is 9.84 Å². The van der Waals surface area contributed by atoms with Gasteiger partial charge in [-0.15, -0.1) is 0 Å². The van der Waals surface area contributed by atoms with Gasteiger partial charge in [0, 0.05) is 30.0 Å². The van der Waals surface area contributed by atoms with E-state index in [1.165, 1.54) is 6.08 Å². The Kier molecular flexibility index (Phi) is 3.57. The van der Waals surface area contributed by atoms with Gasteiger partial charge >= 0.3 is 0 Å². The van der Waals surface area contributed by atoms with Crippen LogP contribution < -0.4 is 0 Å². The van der Waals surface area contributed by atoms with Crippen LogP contribution in [-0.2, 0) is 9.53 Å². The van der Waals surface area contributed by atoms with E-state index < -0.39 is 17.6 Å². The molecule has 1 aromatic rings. The molecule has 1 N–H and O–H groups in total. The third-order valence-corrected chi connectivity index (χ3v) is 4.56. The average Bonchev–Trinajstić information content (AvgIpc) is 2.94. The molecule has 2 atom stereocenters. The molecule has 0 saturated heterocycles. The standard InChI is InChI=1S/C18H17NO4/c1-18(2)16(21)13-6-3-10(9-19)7-14(13)15(17(18)22)23-12-5-4-11(20)8-12/h3,6-8,15,17,22H,4-5H2,1-2H3. The van der Waals surface area contributed by atoms with Crippen LogP contribution in [0.25, 0.3) is 0 Å². The molecule has 23 heavy (non-hydrogen) atoms. The molecule has 0 amide bonds. The number of aliphatic hydroxyl groups is 1. The topological polar surface area (TPSA) is 87.4 Å². The summed E-state index contributed by atoms with van der Waals surface area (Å²) >= 11 is 0. The van der Waals surface area contributed by atoms with Crippen molar-refractivity contribution in [3.63, 3.8) is 0 Å². The number of Topliss-reactive ketones (excluding diaryl/α,β-unsaturated/α-hetero) is 1. The zero-order chi connectivity index (χ0) is 16.8. The van der Waals surface area contributed by atoms with E-state index in [0.29, 0.717) is 35.3 Å². The third-order valence-electron chi connectivity index (χ3n) is 4.56. The maximum atomic E-state index is 12.6. The summed E-state index contributed by atoms with van der Waals surface area (Å²) in [6, 6.07) is 6.80. The molecule has 0 fully saturated rings. The van der Waals surface area contributed by atoms with Crippen molar-refractivity contribution in [3.05, 3.63) is 46.7 Å². The van der Waals surface area contributed by atoms with Gasteiger partial charge in [-0.05, 0) is 32.0 Å². The first-order chi connectivity index (χ1) is 10.8. The number of nitriles is 1. The van der Waals surface area contributed by atoms with E-state index in [1.54, 1.807) is 32.0 Å². The van der Waals surface area contributed by atoms with Crippen LogP contribution in [0.15, 0.2) is 30.0 Å². The first-order valence-corrected chi connectivity index (χ1v) is 7.51. The molecule has 5 heteroatoms. The Labute approximate surface area is 134 Å². The molecule has 3 rings (SSSR count). The maximum absolute atomic E-state index is 12.6.